The molecule has 0 atom stereocenters. The Bertz CT molecular complexity index is 1260. The van der Waals surface area contributed by atoms with Gasteiger partial charge in [0.15, 0.2) is 11.6 Å². The number of imidazole rings is 1. The Hall–Kier alpha value is -3.94. The summed E-state index contributed by atoms with van der Waals surface area (Å²) in [4.78, 5) is 33.8. The molecule has 3 heterocycles. The molecule has 0 radical (unpaired) electrons. The van der Waals surface area contributed by atoms with E-state index in [0.717, 1.165) is 23.0 Å². The molecular formula is C24H25N5O3. The number of para-hydroxylation sites is 2. The van der Waals surface area contributed by atoms with Crippen molar-refractivity contribution in [2.24, 2.45) is 0 Å². The Morgan fingerprint density at radius 2 is 1.69 bits per heavy atom. The van der Waals surface area contributed by atoms with Gasteiger partial charge in [0.2, 0.25) is 5.91 Å². The zero-order chi connectivity index (χ0) is 22.3. The maximum Gasteiger partial charge on any atom is 0.329 e. The quantitative estimate of drug-likeness (QED) is 0.437. The van der Waals surface area contributed by atoms with Crippen LogP contribution in [0.25, 0.3) is 11.0 Å². The minimum atomic E-state index is -0.239. The average molecular weight is 431 g/mol. The first-order chi connectivity index (χ1) is 15.7. The number of ether oxygens (including phenoxy) is 1. The molecule has 0 bridgehead atoms. The van der Waals surface area contributed by atoms with Gasteiger partial charge in [0, 0.05) is 38.1 Å². The van der Waals surface area contributed by atoms with Gasteiger partial charge in [0.1, 0.15) is 6.61 Å². The molecule has 0 saturated heterocycles. The average Bonchev–Trinajstić information content (AvgIpc) is 3.09. The molecule has 1 aromatic carbocycles. The number of pyridine rings is 2. The van der Waals surface area contributed by atoms with Crippen LogP contribution in [-0.2, 0) is 24.5 Å². The smallest absolute Gasteiger partial charge is 0.329 e. The SMILES string of the molecule is CCCn1c(=O)n(CCC(=O)Nc2ncccc2OCc2ccncc2)c2ccccc21. The van der Waals surface area contributed by atoms with Crippen LogP contribution >= 0.6 is 0 Å². The van der Waals surface area contributed by atoms with Crippen LogP contribution in [0.1, 0.15) is 25.3 Å². The third-order valence-electron chi connectivity index (χ3n) is 5.11. The number of aromatic nitrogens is 4. The zero-order valence-electron chi connectivity index (χ0n) is 17.9. The maximum absolute atomic E-state index is 12.9. The standard InChI is InChI=1S/C24H25N5O3/c1-2-15-28-19-6-3-4-7-20(19)29(24(28)31)16-11-22(30)27-23-21(8-5-12-26-23)32-17-18-9-13-25-14-10-18/h3-10,12-14H,2,11,15-17H2,1H3,(H,26,27,30). The fourth-order valence-corrected chi connectivity index (χ4v) is 3.58. The number of anilines is 1. The number of nitrogens with one attached hydrogen (secondary N) is 1. The van der Waals surface area contributed by atoms with Crippen molar-refractivity contribution in [3.05, 3.63) is 83.2 Å². The molecule has 8 nitrogen and oxygen atoms in total. The number of rotatable bonds is 9. The van der Waals surface area contributed by atoms with E-state index >= 15 is 0 Å². The van der Waals surface area contributed by atoms with E-state index in [1.807, 2.05) is 43.3 Å². The highest BCUT2D eigenvalue weighted by Gasteiger charge is 2.14. The summed E-state index contributed by atoms with van der Waals surface area (Å²) < 4.78 is 9.25. The second-order valence-electron chi connectivity index (χ2n) is 7.37. The van der Waals surface area contributed by atoms with E-state index in [1.165, 1.54) is 0 Å². The third kappa shape index (κ3) is 4.69. The summed E-state index contributed by atoms with van der Waals surface area (Å²) in [6.07, 6.45) is 5.99. The minimum absolute atomic E-state index is 0.0972. The first-order valence-electron chi connectivity index (χ1n) is 10.6. The lowest BCUT2D eigenvalue weighted by Crippen LogP contribution is -2.26. The van der Waals surface area contributed by atoms with Crippen molar-refractivity contribution in [1.29, 1.82) is 0 Å². The van der Waals surface area contributed by atoms with Crippen LogP contribution in [0.15, 0.2) is 71.9 Å². The van der Waals surface area contributed by atoms with E-state index in [4.69, 9.17) is 4.74 Å². The lowest BCUT2D eigenvalue weighted by atomic mass is 10.3. The van der Waals surface area contributed by atoms with E-state index in [0.29, 0.717) is 24.7 Å². The number of nitrogens with zero attached hydrogens (tertiary/aromatic N) is 4. The molecule has 3 aromatic heterocycles. The molecule has 32 heavy (non-hydrogen) atoms. The minimum Gasteiger partial charge on any atom is -0.485 e. The van der Waals surface area contributed by atoms with Gasteiger partial charge in [-0.1, -0.05) is 19.1 Å². The molecular weight excluding hydrogens is 406 g/mol. The molecule has 0 fully saturated rings. The van der Waals surface area contributed by atoms with Gasteiger partial charge in [-0.15, -0.1) is 0 Å². The molecule has 0 saturated carbocycles. The lowest BCUT2D eigenvalue weighted by molar-refractivity contribution is -0.116. The number of carbonyl (C=O) groups excluding carboxylic acids is 1. The number of amides is 1. The van der Waals surface area contributed by atoms with E-state index in [9.17, 15) is 9.59 Å². The second-order valence-corrected chi connectivity index (χ2v) is 7.37. The predicted octanol–water partition coefficient (Wildman–Crippen LogP) is 3.61. The van der Waals surface area contributed by atoms with Crippen LogP contribution in [0, 0.1) is 0 Å². The fraction of sp³-hybridized carbons (Fsp3) is 0.250. The van der Waals surface area contributed by atoms with Crippen LogP contribution < -0.4 is 15.7 Å². The summed E-state index contributed by atoms with van der Waals surface area (Å²) >= 11 is 0. The van der Waals surface area contributed by atoms with Crippen molar-refractivity contribution in [3.8, 4) is 5.75 Å². The number of aryl methyl sites for hydroxylation is 2. The van der Waals surface area contributed by atoms with Crippen LogP contribution in [0.4, 0.5) is 5.82 Å². The summed E-state index contributed by atoms with van der Waals surface area (Å²) in [5.74, 6) is 0.596. The number of fused-ring (bicyclic) bond motifs is 1. The topological polar surface area (TPSA) is 91.0 Å². The highest BCUT2D eigenvalue weighted by molar-refractivity contribution is 5.91. The van der Waals surface area contributed by atoms with Crippen LogP contribution in [-0.4, -0.2) is 25.0 Å². The third-order valence-corrected chi connectivity index (χ3v) is 5.11. The molecule has 0 aliphatic carbocycles. The van der Waals surface area contributed by atoms with Crippen LogP contribution in [0.2, 0.25) is 0 Å². The van der Waals surface area contributed by atoms with Crippen molar-refractivity contribution >= 4 is 22.8 Å². The Labute approximate surface area is 185 Å². The van der Waals surface area contributed by atoms with E-state index in [-0.39, 0.29) is 24.6 Å². The van der Waals surface area contributed by atoms with Crippen LogP contribution in [0.3, 0.4) is 0 Å². The Morgan fingerprint density at radius 3 is 2.41 bits per heavy atom. The number of benzene rings is 1. The van der Waals surface area contributed by atoms with Crippen molar-refractivity contribution < 1.29 is 9.53 Å². The fourth-order valence-electron chi connectivity index (χ4n) is 3.58. The predicted molar refractivity (Wildman–Crippen MR) is 123 cm³/mol. The number of hydrogen-bond acceptors (Lipinski definition) is 5. The van der Waals surface area contributed by atoms with Gasteiger partial charge in [-0.3, -0.25) is 18.9 Å². The molecule has 8 heteroatoms. The molecule has 4 aromatic rings. The Kier molecular flexibility index (Phi) is 6.60. The summed E-state index contributed by atoms with van der Waals surface area (Å²) in [7, 11) is 0. The highest BCUT2D eigenvalue weighted by atomic mass is 16.5. The summed E-state index contributed by atoms with van der Waals surface area (Å²) in [5.41, 5.74) is 2.58. The molecule has 4 rings (SSSR count). The van der Waals surface area contributed by atoms with Gasteiger partial charge in [0.25, 0.3) is 0 Å². The normalized spacial score (nSPS) is 10.9. The molecule has 0 aliphatic rings. The number of carbonyl (C=O) groups is 1. The van der Waals surface area contributed by atoms with Gasteiger partial charge in [-0.05, 0) is 48.4 Å². The van der Waals surface area contributed by atoms with Crippen molar-refractivity contribution in [1.82, 2.24) is 19.1 Å². The van der Waals surface area contributed by atoms with Gasteiger partial charge < -0.3 is 10.1 Å². The molecule has 0 spiro atoms. The van der Waals surface area contributed by atoms with E-state index in [1.54, 1.807) is 39.9 Å². The summed E-state index contributed by atoms with van der Waals surface area (Å²) in [6.45, 7) is 3.29. The zero-order valence-corrected chi connectivity index (χ0v) is 17.9. The van der Waals surface area contributed by atoms with Gasteiger partial charge in [-0.2, -0.15) is 0 Å². The Balaban J connectivity index is 1.44. The largest absolute Gasteiger partial charge is 0.485 e. The van der Waals surface area contributed by atoms with Crippen molar-refractivity contribution in [2.75, 3.05) is 5.32 Å². The van der Waals surface area contributed by atoms with Crippen molar-refractivity contribution in [2.45, 2.75) is 39.5 Å². The van der Waals surface area contributed by atoms with E-state index in [2.05, 4.69) is 15.3 Å². The molecule has 1 amide bonds. The summed E-state index contributed by atoms with van der Waals surface area (Å²) in [5, 5.41) is 2.81. The highest BCUT2D eigenvalue weighted by Crippen LogP contribution is 2.22. The van der Waals surface area contributed by atoms with Crippen molar-refractivity contribution in [3.63, 3.8) is 0 Å². The van der Waals surface area contributed by atoms with Gasteiger partial charge >= 0.3 is 5.69 Å². The molecule has 0 unspecified atom stereocenters. The first-order valence-corrected chi connectivity index (χ1v) is 10.6. The van der Waals surface area contributed by atoms with Gasteiger partial charge in [-0.25, -0.2) is 9.78 Å². The van der Waals surface area contributed by atoms with E-state index < -0.39 is 0 Å². The molecule has 164 valence electrons. The second kappa shape index (κ2) is 9.91. The Morgan fingerprint density at radius 1 is 0.969 bits per heavy atom. The lowest BCUT2D eigenvalue weighted by Gasteiger charge is -2.11. The number of hydrogen-bond donors (Lipinski definition) is 1. The summed E-state index contributed by atoms with van der Waals surface area (Å²) in [6, 6.07) is 14.9. The first kappa shape index (κ1) is 21.3. The molecule has 1 N–H and O–H groups in total. The van der Waals surface area contributed by atoms with Crippen LogP contribution in [0.5, 0.6) is 5.75 Å². The maximum atomic E-state index is 12.9. The monoisotopic (exact) mass is 431 g/mol. The molecule has 0 aliphatic heterocycles. The van der Waals surface area contributed by atoms with Gasteiger partial charge in [0.05, 0.1) is 11.0 Å².